The maximum Gasteiger partial charge on any atom is 0.358 e. The van der Waals surface area contributed by atoms with Crippen molar-refractivity contribution in [2.24, 2.45) is 10.9 Å². The summed E-state index contributed by atoms with van der Waals surface area (Å²) >= 11 is 0. The molecule has 0 bridgehead atoms. The highest BCUT2D eigenvalue weighted by molar-refractivity contribution is 5.98. The summed E-state index contributed by atoms with van der Waals surface area (Å²) in [6.45, 7) is 0. The number of rotatable bonds is 6. The minimum absolute atomic E-state index is 0.0684. The molecular weight excluding hydrogens is 326 g/mol. The van der Waals surface area contributed by atoms with Gasteiger partial charge in [0.15, 0.2) is 5.84 Å². The lowest BCUT2D eigenvalue weighted by atomic mass is 10.2. The van der Waals surface area contributed by atoms with Crippen LogP contribution in [-0.4, -0.2) is 23.8 Å². The molecule has 2 rings (SSSR count). The fourth-order valence-electron chi connectivity index (χ4n) is 1.81. The van der Waals surface area contributed by atoms with Crippen LogP contribution in [0.25, 0.3) is 6.08 Å². The number of oxime groups is 1. The second-order valence-corrected chi connectivity index (χ2v) is 4.80. The maximum atomic E-state index is 11.6. The summed E-state index contributed by atoms with van der Waals surface area (Å²) in [4.78, 5) is 26.4. The first-order valence-corrected chi connectivity index (χ1v) is 7.11. The number of benzene rings is 2. The highest BCUT2D eigenvalue weighted by Gasteiger charge is 2.06. The van der Waals surface area contributed by atoms with Crippen LogP contribution in [-0.2, 0) is 9.63 Å². The quantitative estimate of drug-likeness (QED) is 0.215. The minimum Gasteiger partial charge on any atom is -0.497 e. The van der Waals surface area contributed by atoms with E-state index in [2.05, 4.69) is 9.99 Å². The molecule has 0 atom stereocenters. The number of hydrogen-bond acceptors (Lipinski definition) is 6. The van der Waals surface area contributed by atoms with Crippen LogP contribution in [0.1, 0.15) is 11.1 Å². The molecule has 2 aromatic rings. The van der Waals surface area contributed by atoms with Gasteiger partial charge in [-0.2, -0.15) is 0 Å². The number of nitro groups is 1. The number of hydrogen-bond donors (Lipinski definition) is 1. The van der Waals surface area contributed by atoms with E-state index in [1.807, 2.05) is 0 Å². The highest BCUT2D eigenvalue weighted by atomic mass is 16.7. The molecule has 0 radical (unpaired) electrons. The molecule has 25 heavy (non-hydrogen) atoms. The fourth-order valence-corrected chi connectivity index (χ4v) is 1.81. The fraction of sp³-hybridized carbons (Fsp3) is 0.0588. The van der Waals surface area contributed by atoms with Gasteiger partial charge in [0.25, 0.3) is 5.69 Å². The van der Waals surface area contributed by atoms with Gasteiger partial charge in [-0.3, -0.25) is 10.1 Å². The molecule has 0 fully saturated rings. The van der Waals surface area contributed by atoms with Crippen molar-refractivity contribution in [3.63, 3.8) is 0 Å². The molecule has 0 aromatic heterocycles. The van der Waals surface area contributed by atoms with E-state index in [-0.39, 0.29) is 11.5 Å². The van der Waals surface area contributed by atoms with Crippen LogP contribution < -0.4 is 10.5 Å². The van der Waals surface area contributed by atoms with Crippen LogP contribution in [0.3, 0.4) is 0 Å². The smallest absolute Gasteiger partial charge is 0.358 e. The molecule has 0 amide bonds. The van der Waals surface area contributed by atoms with E-state index < -0.39 is 10.9 Å². The Kier molecular flexibility index (Phi) is 5.83. The summed E-state index contributed by atoms with van der Waals surface area (Å²) in [5, 5.41) is 14.1. The van der Waals surface area contributed by atoms with Gasteiger partial charge < -0.3 is 15.3 Å². The number of carbonyl (C=O) groups is 1. The molecule has 128 valence electrons. The second kappa shape index (κ2) is 8.25. The molecule has 0 unspecified atom stereocenters. The summed E-state index contributed by atoms with van der Waals surface area (Å²) in [5.74, 6) is -0.0676. The van der Waals surface area contributed by atoms with Crippen LogP contribution in [0.2, 0.25) is 0 Å². The van der Waals surface area contributed by atoms with Gasteiger partial charge in [0, 0.05) is 23.8 Å². The minimum atomic E-state index is -0.708. The number of amidine groups is 1. The lowest BCUT2D eigenvalue weighted by Gasteiger charge is -2.00. The normalized spacial score (nSPS) is 11.3. The Morgan fingerprint density at radius 2 is 1.80 bits per heavy atom. The van der Waals surface area contributed by atoms with Crippen molar-refractivity contribution in [2.45, 2.75) is 0 Å². The summed E-state index contributed by atoms with van der Waals surface area (Å²) in [5.41, 5.74) is 6.78. The molecule has 0 spiro atoms. The predicted octanol–water partition coefficient (Wildman–Crippen LogP) is 2.48. The van der Waals surface area contributed by atoms with Gasteiger partial charge in [-0.25, -0.2) is 4.79 Å². The summed E-state index contributed by atoms with van der Waals surface area (Å²) in [6, 6.07) is 12.5. The van der Waals surface area contributed by atoms with Crippen LogP contribution in [0.15, 0.2) is 59.8 Å². The van der Waals surface area contributed by atoms with Gasteiger partial charge in [-0.15, -0.1) is 0 Å². The predicted molar refractivity (Wildman–Crippen MR) is 91.9 cm³/mol. The zero-order chi connectivity index (χ0) is 18.2. The zero-order valence-electron chi connectivity index (χ0n) is 13.3. The Morgan fingerprint density at radius 1 is 1.16 bits per heavy atom. The first-order valence-electron chi connectivity index (χ1n) is 7.11. The van der Waals surface area contributed by atoms with E-state index in [1.54, 1.807) is 37.5 Å². The molecule has 0 aliphatic carbocycles. The van der Waals surface area contributed by atoms with Crippen molar-refractivity contribution in [3.05, 3.63) is 75.8 Å². The number of non-ortho nitro benzene ring substituents is 1. The van der Waals surface area contributed by atoms with E-state index in [0.717, 1.165) is 5.56 Å². The SMILES string of the molecule is COc1ccc(/C=C/C(=O)O/N=C(\N)c2ccc([N+](=O)[O-])cc2)cc1. The third-order valence-corrected chi connectivity index (χ3v) is 3.14. The molecule has 0 saturated carbocycles. The first-order chi connectivity index (χ1) is 12.0. The molecule has 0 aliphatic rings. The lowest BCUT2D eigenvalue weighted by Crippen LogP contribution is -2.14. The highest BCUT2D eigenvalue weighted by Crippen LogP contribution is 2.13. The molecule has 0 heterocycles. The number of nitrogens with two attached hydrogens (primary N) is 1. The largest absolute Gasteiger partial charge is 0.497 e. The summed E-state index contributed by atoms with van der Waals surface area (Å²) in [7, 11) is 1.57. The van der Waals surface area contributed by atoms with Crippen molar-refractivity contribution in [2.75, 3.05) is 7.11 Å². The van der Waals surface area contributed by atoms with Gasteiger partial charge >= 0.3 is 5.97 Å². The first kappa shape index (κ1) is 17.7. The van der Waals surface area contributed by atoms with Crippen molar-refractivity contribution in [3.8, 4) is 5.75 Å². The van der Waals surface area contributed by atoms with Gasteiger partial charge in [-0.1, -0.05) is 17.3 Å². The number of methoxy groups -OCH3 is 1. The molecular formula is C17H15N3O5. The second-order valence-electron chi connectivity index (χ2n) is 4.80. The number of carbonyl (C=O) groups excluding carboxylic acids is 1. The van der Waals surface area contributed by atoms with Gasteiger partial charge in [0.05, 0.1) is 12.0 Å². The Morgan fingerprint density at radius 3 is 2.36 bits per heavy atom. The molecule has 8 nitrogen and oxygen atoms in total. The maximum absolute atomic E-state index is 11.6. The Labute approximate surface area is 143 Å². The van der Waals surface area contributed by atoms with Crippen molar-refractivity contribution >= 4 is 23.6 Å². The van der Waals surface area contributed by atoms with Crippen molar-refractivity contribution in [1.29, 1.82) is 0 Å². The van der Waals surface area contributed by atoms with E-state index >= 15 is 0 Å². The monoisotopic (exact) mass is 341 g/mol. The van der Waals surface area contributed by atoms with Crippen LogP contribution in [0.4, 0.5) is 5.69 Å². The average Bonchev–Trinajstić information content (AvgIpc) is 2.64. The standard InChI is InChI=1S/C17H15N3O5/c1-24-15-9-2-12(3-10-15)4-11-16(21)25-19-17(18)13-5-7-14(8-6-13)20(22)23/h2-11H,1H3,(H2,18,19)/b11-4+. The lowest BCUT2D eigenvalue weighted by molar-refractivity contribution is -0.384. The van der Waals surface area contributed by atoms with E-state index in [0.29, 0.717) is 11.3 Å². The number of nitrogens with zero attached hydrogens (tertiary/aromatic N) is 2. The van der Waals surface area contributed by atoms with Crippen LogP contribution >= 0.6 is 0 Å². The Hall–Kier alpha value is -3.68. The Balaban J connectivity index is 1.95. The topological polar surface area (TPSA) is 117 Å². The molecule has 0 aliphatic heterocycles. The van der Waals surface area contributed by atoms with Gasteiger partial charge in [0.1, 0.15) is 5.75 Å². The molecule has 8 heteroatoms. The molecule has 2 N–H and O–H groups in total. The van der Waals surface area contributed by atoms with Gasteiger partial charge in [-0.05, 0) is 35.9 Å². The molecule has 0 saturated heterocycles. The summed E-state index contributed by atoms with van der Waals surface area (Å²) < 4.78 is 5.04. The van der Waals surface area contributed by atoms with Crippen LogP contribution in [0.5, 0.6) is 5.75 Å². The van der Waals surface area contributed by atoms with Gasteiger partial charge in [0.2, 0.25) is 0 Å². The molecule has 2 aromatic carbocycles. The third-order valence-electron chi connectivity index (χ3n) is 3.14. The Bertz CT molecular complexity index is 811. The van der Waals surface area contributed by atoms with E-state index in [9.17, 15) is 14.9 Å². The van der Waals surface area contributed by atoms with Crippen molar-refractivity contribution in [1.82, 2.24) is 0 Å². The number of nitro benzene ring substituents is 1. The average molecular weight is 341 g/mol. The zero-order valence-corrected chi connectivity index (χ0v) is 13.3. The third kappa shape index (κ3) is 5.17. The van der Waals surface area contributed by atoms with E-state index in [4.69, 9.17) is 10.5 Å². The number of ether oxygens (including phenoxy) is 1. The van der Waals surface area contributed by atoms with Crippen molar-refractivity contribution < 1.29 is 19.3 Å². The van der Waals surface area contributed by atoms with Crippen LogP contribution in [0, 0.1) is 10.1 Å². The van der Waals surface area contributed by atoms with E-state index in [1.165, 1.54) is 30.3 Å². The summed E-state index contributed by atoms with van der Waals surface area (Å²) in [6.07, 6.45) is 2.76.